The van der Waals surface area contributed by atoms with E-state index in [1.165, 1.54) is 238 Å². The minimum atomic E-state index is -0.784. The number of rotatable bonds is 55. The van der Waals surface area contributed by atoms with Gasteiger partial charge in [-0.1, -0.05) is 283 Å². The predicted molar refractivity (Wildman–Crippen MR) is 287 cm³/mol. The molecule has 0 aliphatic carbocycles. The molecule has 0 aliphatic heterocycles. The minimum absolute atomic E-state index is 0.0825. The number of allylic oxidation sites excluding steroid dienone is 2. The first kappa shape index (κ1) is 64.6. The van der Waals surface area contributed by atoms with Crippen LogP contribution < -0.4 is 5.32 Å². The Kier molecular flexibility index (Phi) is 53.4. The minimum Gasteiger partial charge on any atom is -0.462 e. The zero-order valence-electron chi connectivity index (χ0n) is 44.9. The van der Waals surface area contributed by atoms with Crippen molar-refractivity contribution in [1.82, 2.24) is 5.32 Å². The lowest BCUT2D eigenvalue weighted by Crippen LogP contribution is -2.46. The van der Waals surface area contributed by atoms with Gasteiger partial charge in [0.1, 0.15) is 6.10 Å². The Morgan fingerprint density at radius 1 is 0.424 bits per heavy atom. The van der Waals surface area contributed by atoms with Gasteiger partial charge in [0, 0.05) is 6.42 Å². The molecular weight excluding hydrogens is 815 g/mol. The molecule has 6 heteroatoms. The van der Waals surface area contributed by atoms with Crippen LogP contribution in [0.1, 0.15) is 335 Å². The highest BCUT2D eigenvalue weighted by atomic mass is 16.5. The van der Waals surface area contributed by atoms with Crippen LogP contribution in [0.5, 0.6) is 0 Å². The van der Waals surface area contributed by atoms with E-state index in [9.17, 15) is 19.8 Å². The van der Waals surface area contributed by atoms with Crippen molar-refractivity contribution in [3.8, 4) is 0 Å². The maximum atomic E-state index is 13.3. The lowest BCUT2D eigenvalue weighted by Gasteiger charge is -2.24. The van der Waals surface area contributed by atoms with Crippen LogP contribution in [0.4, 0.5) is 0 Å². The molecule has 392 valence electrons. The number of amides is 1. The summed E-state index contributed by atoms with van der Waals surface area (Å²) in [6.07, 6.45) is 62.8. The molecule has 0 aliphatic rings. The van der Waals surface area contributed by atoms with Crippen molar-refractivity contribution in [3.05, 3.63) is 12.2 Å². The first-order valence-corrected chi connectivity index (χ1v) is 29.9. The van der Waals surface area contributed by atoms with Gasteiger partial charge >= 0.3 is 5.97 Å². The number of aliphatic hydroxyl groups excluding tert-OH is 2. The van der Waals surface area contributed by atoms with Gasteiger partial charge in [-0.25, -0.2) is 0 Å². The number of aliphatic hydroxyl groups is 2. The molecule has 0 aromatic rings. The number of carbonyl (C=O) groups is 2. The maximum absolute atomic E-state index is 13.3. The quantitative estimate of drug-likeness (QED) is 0.0321. The monoisotopic (exact) mass is 932 g/mol. The summed E-state index contributed by atoms with van der Waals surface area (Å²) >= 11 is 0. The van der Waals surface area contributed by atoms with E-state index in [0.717, 1.165) is 51.4 Å². The van der Waals surface area contributed by atoms with Crippen molar-refractivity contribution in [3.63, 3.8) is 0 Å². The van der Waals surface area contributed by atoms with Gasteiger partial charge in [0.05, 0.1) is 25.2 Å². The predicted octanol–water partition coefficient (Wildman–Crippen LogP) is 18.5. The second kappa shape index (κ2) is 54.5. The largest absolute Gasteiger partial charge is 0.462 e. The summed E-state index contributed by atoms with van der Waals surface area (Å²) in [5.74, 6) is -0.453. The molecule has 0 heterocycles. The number of carbonyl (C=O) groups excluding carboxylic acids is 2. The van der Waals surface area contributed by atoms with E-state index in [-0.39, 0.29) is 24.9 Å². The number of hydrogen-bond donors (Lipinski definition) is 3. The molecule has 0 spiro atoms. The van der Waals surface area contributed by atoms with Crippen LogP contribution in [-0.4, -0.2) is 46.9 Å². The first-order chi connectivity index (χ1) is 32.5. The molecule has 66 heavy (non-hydrogen) atoms. The van der Waals surface area contributed by atoms with E-state index in [4.69, 9.17) is 4.74 Å². The van der Waals surface area contributed by atoms with E-state index in [1.54, 1.807) is 0 Å². The summed E-state index contributed by atoms with van der Waals surface area (Å²) < 4.78 is 5.98. The Hall–Kier alpha value is -1.40. The second-order valence-corrected chi connectivity index (χ2v) is 20.8. The molecule has 0 aromatic carbocycles. The molecule has 0 rings (SSSR count). The zero-order valence-corrected chi connectivity index (χ0v) is 44.9. The Balaban J connectivity index is 4.52. The van der Waals surface area contributed by atoms with Crippen LogP contribution in [0.15, 0.2) is 12.2 Å². The molecule has 1 amide bonds. The van der Waals surface area contributed by atoms with Crippen LogP contribution in [0.2, 0.25) is 0 Å². The smallest absolute Gasteiger partial charge is 0.306 e. The van der Waals surface area contributed by atoms with Crippen molar-refractivity contribution >= 4 is 11.9 Å². The standard InChI is InChI=1S/C60H117NO5/c1-4-7-10-13-16-19-22-25-28-30-31-33-36-39-42-45-48-51-56(66-60(65)53-50-47-44-41-38-35-32-29-26-23-20-17-14-11-8-5-2)54-59(64)61-57(55-62)58(63)52-49-46-43-40-37-34-27-24-21-18-15-12-9-6-3/h25,28,56-58,62-63H,4-24,26-27,29-55H2,1-3H3,(H,61,64)/b28-25+. The summed E-state index contributed by atoms with van der Waals surface area (Å²) in [4.78, 5) is 26.3. The van der Waals surface area contributed by atoms with Gasteiger partial charge in [-0.15, -0.1) is 0 Å². The maximum Gasteiger partial charge on any atom is 0.306 e. The van der Waals surface area contributed by atoms with Crippen LogP contribution in [0, 0.1) is 0 Å². The van der Waals surface area contributed by atoms with E-state index in [2.05, 4.69) is 38.2 Å². The number of hydrogen-bond acceptors (Lipinski definition) is 5. The van der Waals surface area contributed by atoms with Crippen molar-refractivity contribution < 1.29 is 24.5 Å². The molecule has 3 atom stereocenters. The molecular formula is C60H117NO5. The molecule has 0 saturated carbocycles. The van der Waals surface area contributed by atoms with Gasteiger partial charge in [-0.05, 0) is 51.4 Å². The topological polar surface area (TPSA) is 95.9 Å². The highest BCUT2D eigenvalue weighted by molar-refractivity contribution is 5.77. The Morgan fingerprint density at radius 2 is 0.727 bits per heavy atom. The fourth-order valence-electron chi connectivity index (χ4n) is 9.55. The van der Waals surface area contributed by atoms with Crippen LogP contribution in [0.25, 0.3) is 0 Å². The Labute approximate surface area is 412 Å². The summed E-state index contributed by atoms with van der Waals surface area (Å²) in [7, 11) is 0. The van der Waals surface area contributed by atoms with Gasteiger partial charge < -0.3 is 20.3 Å². The average Bonchev–Trinajstić information content (AvgIpc) is 3.31. The number of ether oxygens (including phenoxy) is 1. The fourth-order valence-corrected chi connectivity index (χ4v) is 9.55. The van der Waals surface area contributed by atoms with Crippen LogP contribution in [-0.2, 0) is 14.3 Å². The highest BCUT2D eigenvalue weighted by Crippen LogP contribution is 2.19. The average molecular weight is 933 g/mol. The lowest BCUT2D eigenvalue weighted by molar-refractivity contribution is -0.151. The van der Waals surface area contributed by atoms with E-state index >= 15 is 0 Å². The number of esters is 1. The molecule has 3 unspecified atom stereocenters. The van der Waals surface area contributed by atoms with E-state index in [0.29, 0.717) is 19.3 Å². The van der Waals surface area contributed by atoms with Gasteiger partial charge in [0.25, 0.3) is 0 Å². The lowest BCUT2D eigenvalue weighted by atomic mass is 10.0. The molecule has 0 fully saturated rings. The fraction of sp³-hybridized carbons (Fsp3) is 0.933. The molecule has 0 radical (unpaired) electrons. The summed E-state index contributed by atoms with van der Waals surface area (Å²) in [6.45, 7) is 6.53. The van der Waals surface area contributed by atoms with Crippen molar-refractivity contribution in [2.24, 2.45) is 0 Å². The van der Waals surface area contributed by atoms with Crippen molar-refractivity contribution in [2.45, 2.75) is 354 Å². The molecule has 6 nitrogen and oxygen atoms in total. The van der Waals surface area contributed by atoms with E-state index in [1.807, 2.05) is 0 Å². The molecule has 3 N–H and O–H groups in total. The van der Waals surface area contributed by atoms with Crippen LogP contribution in [0.3, 0.4) is 0 Å². The third-order valence-electron chi connectivity index (χ3n) is 14.1. The summed E-state index contributed by atoms with van der Waals surface area (Å²) in [5, 5.41) is 23.9. The van der Waals surface area contributed by atoms with Crippen molar-refractivity contribution in [2.75, 3.05) is 6.61 Å². The summed E-state index contributed by atoms with van der Waals surface area (Å²) in [6, 6.07) is -0.697. The second-order valence-electron chi connectivity index (χ2n) is 20.8. The Bertz CT molecular complexity index is 1000. The van der Waals surface area contributed by atoms with Gasteiger partial charge in [0.15, 0.2) is 0 Å². The summed E-state index contributed by atoms with van der Waals surface area (Å²) in [5.41, 5.74) is 0. The first-order valence-electron chi connectivity index (χ1n) is 29.9. The SMILES string of the molecule is CCCCCCCC/C=C/CCCCCCCCCC(CC(=O)NC(CO)C(O)CCCCCCCCCCCCCCCC)OC(=O)CCCCCCCCCCCCCCCCCC. The molecule has 0 saturated heterocycles. The van der Waals surface area contributed by atoms with Gasteiger partial charge in [-0.2, -0.15) is 0 Å². The third kappa shape index (κ3) is 49.0. The number of nitrogens with one attached hydrogen (secondary N) is 1. The Morgan fingerprint density at radius 3 is 1.08 bits per heavy atom. The molecule has 0 bridgehead atoms. The molecule has 0 aromatic heterocycles. The normalized spacial score (nSPS) is 13.1. The number of unbranched alkanes of at least 4 members (excludes halogenated alkanes) is 41. The third-order valence-corrected chi connectivity index (χ3v) is 14.1. The van der Waals surface area contributed by atoms with Crippen LogP contribution >= 0.6 is 0 Å². The zero-order chi connectivity index (χ0) is 48.1. The van der Waals surface area contributed by atoms with Crippen molar-refractivity contribution in [1.29, 1.82) is 0 Å². The van der Waals surface area contributed by atoms with Gasteiger partial charge in [0.2, 0.25) is 5.91 Å². The van der Waals surface area contributed by atoms with E-state index < -0.39 is 18.2 Å². The highest BCUT2D eigenvalue weighted by Gasteiger charge is 2.24. The van der Waals surface area contributed by atoms with Gasteiger partial charge in [-0.3, -0.25) is 9.59 Å².